The van der Waals surface area contributed by atoms with Crippen LogP contribution in [0.4, 0.5) is 10.1 Å². The van der Waals surface area contributed by atoms with Gasteiger partial charge in [-0.05, 0) is 45.0 Å². The molecule has 0 aliphatic rings. The molecule has 1 aromatic carbocycles. The van der Waals surface area contributed by atoms with Crippen LogP contribution in [0, 0.1) is 5.82 Å². The van der Waals surface area contributed by atoms with Crippen molar-refractivity contribution in [2.45, 2.75) is 33.2 Å². The van der Waals surface area contributed by atoms with Gasteiger partial charge in [-0.15, -0.1) is 0 Å². The maximum atomic E-state index is 13.3. The van der Waals surface area contributed by atoms with Crippen molar-refractivity contribution < 1.29 is 13.9 Å². The second-order valence-corrected chi connectivity index (χ2v) is 4.71. The van der Waals surface area contributed by atoms with E-state index in [1.165, 1.54) is 12.1 Å². The van der Waals surface area contributed by atoms with Crippen molar-refractivity contribution in [3.8, 4) is 0 Å². The topological polar surface area (TPSA) is 41.6 Å². The number of carbonyl (C=O) groups excluding carboxylic acids is 1. The molecule has 0 aliphatic carbocycles. The molecule has 0 aromatic heterocycles. The van der Waals surface area contributed by atoms with Crippen LogP contribution in [0.1, 0.15) is 27.2 Å². The van der Waals surface area contributed by atoms with E-state index in [0.29, 0.717) is 26.1 Å². The predicted molar refractivity (Wildman–Crippen MR) is 83.0 cm³/mol. The van der Waals surface area contributed by atoms with Gasteiger partial charge in [-0.1, -0.05) is 13.0 Å². The van der Waals surface area contributed by atoms with Crippen LogP contribution in [0.2, 0.25) is 0 Å². The number of carbonyl (C=O) groups is 1. The summed E-state index contributed by atoms with van der Waals surface area (Å²) in [5.74, 6) is -0.478. The molecule has 4 nitrogen and oxygen atoms in total. The molecule has 5 heteroatoms. The lowest BCUT2D eigenvalue weighted by Crippen LogP contribution is -2.41. The molecule has 0 saturated carbocycles. The zero-order chi connectivity index (χ0) is 15.7. The molecule has 1 atom stereocenters. The van der Waals surface area contributed by atoms with Crippen molar-refractivity contribution in [2.24, 2.45) is 0 Å². The molecule has 21 heavy (non-hydrogen) atoms. The lowest BCUT2D eigenvalue weighted by molar-refractivity contribution is -0.145. The molecule has 1 unspecified atom stereocenters. The van der Waals surface area contributed by atoms with E-state index in [1.54, 1.807) is 13.0 Å². The first-order valence-corrected chi connectivity index (χ1v) is 7.52. The summed E-state index contributed by atoms with van der Waals surface area (Å²) in [6, 6.07) is 6.19. The van der Waals surface area contributed by atoms with Crippen LogP contribution in [-0.2, 0) is 9.53 Å². The van der Waals surface area contributed by atoms with Gasteiger partial charge in [0.15, 0.2) is 0 Å². The van der Waals surface area contributed by atoms with Crippen molar-refractivity contribution in [3.63, 3.8) is 0 Å². The molecule has 1 rings (SSSR count). The monoisotopic (exact) mass is 296 g/mol. The number of rotatable bonds is 9. The maximum Gasteiger partial charge on any atom is 0.323 e. The Morgan fingerprint density at radius 1 is 1.38 bits per heavy atom. The van der Waals surface area contributed by atoms with E-state index in [0.717, 1.165) is 12.2 Å². The van der Waals surface area contributed by atoms with E-state index < -0.39 is 0 Å². The zero-order valence-electron chi connectivity index (χ0n) is 13.1. The van der Waals surface area contributed by atoms with Crippen molar-refractivity contribution in [2.75, 3.05) is 31.1 Å². The lowest BCUT2D eigenvalue weighted by atomic mass is 10.2. The number of benzene rings is 1. The minimum atomic E-state index is -0.322. The van der Waals surface area contributed by atoms with Crippen LogP contribution in [-0.4, -0.2) is 38.3 Å². The zero-order valence-corrected chi connectivity index (χ0v) is 13.1. The van der Waals surface area contributed by atoms with Crippen molar-refractivity contribution in [1.82, 2.24) is 5.32 Å². The first-order chi connectivity index (χ1) is 10.1. The summed E-state index contributed by atoms with van der Waals surface area (Å²) in [5, 5.41) is 3.13. The first-order valence-electron chi connectivity index (χ1n) is 7.52. The summed E-state index contributed by atoms with van der Waals surface area (Å²) in [6.45, 7) is 8.26. The van der Waals surface area contributed by atoms with Crippen LogP contribution < -0.4 is 10.2 Å². The molecule has 0 saturated heterocycles. The highest BCUT2D eigenvalue weighted by atomic mass is 19.1. The average molecular weight is 296 g/mol. The van der Waals surface area contributed by atoms with Crippen LogP contribution in [0.25, 0.3) is 0 Å². The molecule has 0 spiro atoms. The molecule has 0 heterocycles. The van der Waals surface area contributed by atoms with Gasteiger partial charge >= 0.3 is 5.97 Å². The third kappa shape index (κ3) is 5.71. The van der Waals surface area contributed by atoms with Crippen LogP contribution >= 0.6 is 0 Å². The number of hydrogen-bond acceptors (Lipinski definition) is 4. The summed E-state index contributed by atoms with van der Waals surface area (Å²) in [4.78, 5) is 13.9. The number of anilines is 1. The fraction of sp³-hybridized carbons (Fsp3) is 0.562. The van der Waals surface area contributed by atoms with Crippen molar-refractivity contribution >= 4 is 11.7 Å². The standard InChI is InChI=1S/C16H25FN2O2/c1-4-18-15(16(20)21-6-3)10-11-19(5-2)14-9-7-8-13(17)12-14/h7-9,12,15,18H,4-6,10-11H2,1-3H3. The molecule has 1 N–H and O–H groups in total. The Bertz CT molecular complexity index is 440. The van der Waals surface area contributed by atoms with Gasteiger partial charge in [-0.2, -0.15) is 0 Å². The highest BCUT2D eigenvalue weighted by Gasteiger charge is 2.19. The molecular weight excluding hydrogens is 271 g/mol. The first kappa shape index (κ1) is 17.4. The molecule has 0 aliphatic heterocycles. The van der Waals surface area contributed by atoms with E-state index >= 15 is 0 Å². The number of hydrogen-bond donors (Lipinski definition) is 1. The highest BCUT2D eigenvalue weighted by Crippen LogP contribution is 2.16. The van der Waals surface area contributed by atoms with Gasteiger partial charge < -0.3 is 15.0 Å². The number of nitrogens with zero attached hydrogens (tertiary/aromatic N) is 1. The van der Waals surface area contributed by atoms with Gasteiger partial charge in [0.2, 0.25) is 0 Å². The molecule has 118 valence electrons. The van der Waals surface area contributed by atoms with Gasteiger partial charge in [0.1, 0.15) is 11.9 Å². The highest BCUT2D eigenvalue weighted by molar-refractivity contribution is 5.75. The molecule has 0 bridgehead atoms. The Kier molecular flexibility index (Phi) is 7.75. The van der Waals surface area contributed by atoms with E-state index in [4.69, 9.17) is 4.74 Å². The number of halogens is 1. The van der Waals surface area contributed by atoms with Crippen LogP contribution in [0.15, 0.2) is 24.3 Å². The average Bonchev–Trinajstić information content (AvgIpc) is 2.47. The summed E-state index contributed by atoms with van der Waals surface area (Å²) in [5.41, 5.74) is 0.830. The molecule has 0 amide bonds. The van der Waals surface area contributed by atoms with Gasteiger partial charge in [0.05, 0.1) is 6.61 Å². The SMILES string of the molecule is CCNC(CCN(CC)c1cccc(F)c1)C(=O)OCC. The molecular formula is C16H25FN2O2. The maximum absolute atomic E-state index is 13.3. The number of likely N-dealkylation sites (N-methyl/N-ethyl adjacent to an activating group) is 1. The smallest absolute Gasteiger partial charge is 0.323 e. The minimum absolute atomic E-state index is 0.227. The number of nitrogens with one attached hydrogen (secondary N) is 1. The van der Waals surface area contributed by atoms with Gasteiger partial charge in [-0.25, -0.2) is 4.39 Å². The van der Waals surface area contributed by atoms with Crippen LogP contribution in [0.5, 0.6) is 0 Å². The Hall–Kier alpha value is -1.62. The normalized spacial score (nSPS) is 12.0. The van der Waals surface area contributed by atoms with Crippen LogP contribution in [0.3, 0.4) is 0 Å². The fourth-order valence-electron chi connectivity index (χ4n) is 2.22. The Balaban J connectivity index is 2.65. The second kappa shape index (κ2) is 9.34. The summed E-state index contributed by atoms with van der Waals surface area (Å²) in [7, 11) is 0. The van der Waals surface area contributed by atoms with Gasteiger partial charge in [0.25, 0.3) is 0 Å². The van der Waals surface area contributed by atoms with Gasteiger partial charge in [-0.3, -0.25) is 4.79 Å². The Morgan fingerprint density at radius 3 is 2.71 bits per heavy atom. The lowest BCUT2D eigenvalue weighted by Gasteiger charge is -2.25. The number of esters is 1. The molecule has 0 radical (unpaired) electrons. The molecule has 0 fully saturated rings. The predicted octanol–water partition coefficient (Wildman–Crippen LogP) is 2.58. The van der Waals surface area contributed by atoms with E-state index in [-0.39, 0.29) is 17.8 Å². The minimum Gasteiger partial charge on any atom is -0.465 e. The van der Waals surface area contributed by atoms with Gasteiger partial charge in [0, 0.05) is 18.8 Å². The van der Waals surface area contributed by atoms with E-state index in [2.05, 4.69) is 5.32 Å². The third-order valence-electron chi connectivity index (χ3n) is 3.26. The van der Waals surface area contributed by atoms with Crippen molar-refractivity contribution in [1.29, 1.82) is 0 Å². The van der Waals surface area contributed by atoms with E-state index in [9.17, 15) is 9.18 Å². The summed E-state index contributed by atoms with van der Waals surface area (Å²) >= 11 is 0. The number of ether oxygens (including phenoxy) is 1. The van der Waals surface area contributed by atoms with Crippen molar-refractivity contribution in [3.05, 3.63) is 30.1 Å². The quantitative estimate of drug-likeness (QED) is 0.711. The second-order valence-electron chi connectivity index (χ2n) is 4.71. The summed E-state index contributed by atoms with van der Waals surface area (Å²) < 4.78 is 18.4. The third-order valence-corrected chi connectivity index (χ3v) is 3.26. The molecule has 1 aromatic rings. The Morgan fingerprint density at radius 2 is 2.14 bits per heavy atom. The largest absolute Gasteiger partial charge is 0.465 e. The summed E-state index contributed by atoms with van der Waals surface area (Å²) in [6.07, 6.45) is 0.622. The fourth-order valence-corrected chi connectivity index (χ4v) is 2.22. The Labute approximate surface area is 126 Å². The van der Waals surface area contributed by atoms with E-state index in [1.807, 2.05) is 24.8 Å².